The van der Waals surface area contributed by atoms with Crippen LogP contribution in [-0.4, -0.2) is 26.4 Å². The molecule has 20 heavy (non-hydrogen) atoms. The third-order valence-corrected chi connectivity index (χ3v) is 3.99. The summed E-state index contributed by atoms with van der Waals surface area (Å²) in [5, 5.41) is 9.29. The lowest BCUT2D eigenvalue weighted by Crippen LogP contribution is -2.18. The predicted molar refractivity (Wildman–Crippen MR) is 80.3 cm³/mol. The minimum absolute atomic E-state index is 0.0803. The van der Waals surface area contributed by atoms with Gasteiger partial charge in [0.2, 0.25) is 0 Å². The molecular formula is C14H22N2O3S. The number of nitrogens with zero attached hydrogens (tertiary/aromatic N) is 2. The molecule has 0 bridgehead atoms. The van der Waals surface area contributed by atoms with Crippen LogP contribution < -0.4 is 5.56 Å². The summed E-state index contributed by atoms with van der Waals surface area (Å²) in [5.74, 6) is -0.983. The van der Waals surface area contributed by atoms with Crippen LogP contribution in [0.15, 0.2) is 22.2 Å². The molecular weight excluding hydrogens is 276 g/mol. The molecule has 0 amide bonds. The largest absolute Gasteiger partial charge is 0.481 e. The van der Waals surface area contributed by atoms with Crippen LogP contribution >= 0.6 is 11.8 Å². The fourth-order valence-electron chi connectivity index (χ4n) is 2.10. The number of unbranched alkanes of at least 4 members (excludes halogenated alkanes) is 1. The number of hydrogen-bond acceptors (Lipinski definition) is 4. The average Bonchev–Trinajstić information content (AvgIpc) is 2.41. The molecule has 0 fully saturated rings. The van der Waals surface area contributed by atoms with Crippen molar-refractivity contribution in [2.45, 2.75) is 57.1 Å². The summed E-state index contributed by atoms with van der Waals surface area (Å²) in [6.45, 7) is 4.27. The molecule has 0 radical (unpaired) electrons. The van der Waals surface area contributed by atoms with Crippen LogP contribution in [0, 0.1) is 0 Å². The molecule has 1 aromatic heterocycles. The van der Waals surface area contributed by atoms with Gasteiger partial charge in [-0.2, -0.15) is 4.98 Å². The number of carbonyl (C=O) groups is 1. The van der Waals surface area contributed by atoms with Crippen LogP contribution in [0.4, 0.5) is 0 Å². The molecule has 0 aromatic carbocycles. The van der Waals surface area contributed by atoms with Crippen LogP contribution in [-0.2, 0) is 4.79 Å². The first-order chi connectivity index (χ1) is 9.58. The van der Waals surface area contributed by atoms with E-state index in [1.54, 1.807) is 6.20 Å². The first-order valence-corrected chi connectivity index (χ1v) is 8.00. The van der Waals surface area contributed by atoms with Gasteiger partial charge in [0, 0.05) is 18.3 Å². The molecule has 0 spiro atoms. The van der Waals surface area contributed by atoms with Crippen molar-refractivity contribution in [3.63, 3.8) is 0 Å². The Balaban J connectivity index is 2.98. The number of hydrogen-bond donors (Lipinski definition) is 1. The number of carboxylic acids is 1. The van der Waals surface area contributed by atoms with Gasteiger partial charge in [-0.1, -0.05) is 44.9 Å². The van der Waals surface area contributed by atoms with Gasteiger partial charge in [-0.3, -0.25) is 9.59 Å². The number of carboxylic acid groups (broad SMARTS) is 1. The van der Waals surface area contributed by atoms with Crippen LogP contribution in [0.2, 0.25) is 0 Å². The minimum atomic E-state index is -0.903. The van der Waals surface area contributed by atoms with E-state index in [2.05, 4.69) is 18.8 Å². The molecule has 112 valence electrons. The smallest absolute Gasteiger partial charge is 0.313 e. The number of aliphatic carboxylic acids is 1. The highest BCUT2D eigenvalue weighted by Crippen LogP contribution is 2.25. The highest BCUT2D eigenvalue weighted by Gasteiger charge is 2.14. The molecule has 6 heteroatoms. The zero-order chi connectivity index (χ0) is 15.0. The minimum Gasteiger partial charge on any atom is -0.481 e. The van der Waals surface area contributed by atoms with E-state index < -0.39 is 5.97 Å². The van der Waals surface area contributed by atoms with Crippen LogP contribution in [0.1, 0.15) is 52.0 Å². The summed E-state index contributed by atoms with van der Waals surface area (Å²) in [4.78, 5) is 26.1. The molecule has 1 unspecified atom stereocenters. The second kappa shape index (κ2) is 8.79. The van der Waals surface area contributed by atoms with Crippen molar-refractivity contribution >= 4 is 17.7 Å². The van der Waals surface area contributed by atoms with Crippen molar-refractivity contribution in [3.05, 3.63) is 22.6 Å². The molecule has 5 nitrogen and oxygen atoms in total. The Labute approximate surface area is 123 Å². The van der Waals surface area contributed by atoms with Gasteiger partial charge in [0.1, 0.15) is 0 Å². The van der Waals surface area contributed by atoms with Crippen molar-refractivity contribution < 1.29 is 9.90 Å². The SMILES string of the molecule is CCCCC(CCC)n1ccc(=O)nc1SCC(=O)O. The maximum atomic E-state index is 11.4. The van der Waals surface area contributed by atoms with Gasteiger partial charge < -0.3 is 9.67 Å². The topological polar surface area (TPSA) is 72.2 Å². The number of rotatable bonds is 9. The lowest BCUT2D eigenvalue weighted by Gasteiger charge is -2.22. The second-order valence-corrected chi connectivity index (χ2v) is 5.67. The standard InChI is InChI=1S/C14H22N2O3S/c1-3-5-7-11(6-4-2)16-9-8-12(17)15-14(16)20-10-13(18)19/h8-9,11H,3-7,10H2,1-2H3,(H,18,19). The Hall–Kier alpha value is -1.30. The first-order valence-electron chi connectivity index (χ1n) is 7.02. The Bertz CT molecular complexity index is 488. The molecule has 1 atom stereocenters. The van der Waals surface area contributed by atoms with Crippen LogP contribution in [0.5, 0.6) is 0 Å². The summed E-state index contributed by atoms with van der Waals surface area (Å²) in [5.41, 5.74) is -0.320. The summed E-state index contributed by atoms with van der Waals surface area (Å²) in [6.07, 6.45) is 7.05. The number of thioether (sulfide) groups is 1. The lowest BCUT2D eigenvalue weighted by molar-refractivity contribution is -0.133. The fraction of sp³-hybridized carbons (Fsp3) is 0.643. The molecule has 1 N–H and O–H groups in total. The third kappa shape index (κ3) is 5.36. The van der Waals surface area contributed by atoms with E-state index >= 15 is 0 Å². The Morgan fingerprint density at radius 3 is 2.75 bits per heavy atom. The Morgan fingerprint density at radius 1 is 1.40 bits per heavy atom. The van der Waals surface area contributed by atoms with Gasteiger partial charge >= 0.3 is 5.97 Å². The van der Waals surface area contributed by atoms with Gasteiger partial charge in [-0.25, -0.2) is 0 Å². The molecule has 1 rings (SSSR count). The fourth-order valence-corrected chi connectivity index (χ4v) is 2.87. The molecule has 1 heterocycles. The van der Waals surface area contributed by atoms with E-state index in [1.807, 2.05) is 4.57 Å². The van der Waals surface area contributed by atoms with Crippen molar-refractivity contribution in [3.8, 4) is 0 Å². The summed E-state index contributed by atoms with van der Waals surface area (Å²) < 4.78 is 1.97. The van der Waals surface area contributed by atoms with E-state index in [-0.39, 0.29) is 17.4 Å². The van der Waals surface area contributed by atoms with Crippen molar-refractivity contribution in [2.75, 3.05) is 5.75 Å². The van der Waals surface area contributed by atoms with Gasteiger partial charge in [-0.15, -0.1) is 0 Å². The zero-order valence-electron chi connectivity index (χ0n) is 12.0. The molecule has 0 aliphatic carbocycles. The van der Waals surface area contributed by atoms with Crippen molar-refractivity contribution in [2.24, 2.45) is 0 Å². The van der Waals surface area contributed by atoms with Gasteiger partial charge in [-0.05, 0) is 12.8 Å². The summed E-state index contributed by atoms with van der Waals surface area (Å²) >= 11 is 1.11. The predicted octanol–water partition coefficient (Wildman–Crippen LogP) is 2.95. The Kier molecular flexibility index (Phi) is 7.36. The first kappa shape index (κ1) is 16.8. The lowest BCUT2D eigenvalue weighted by atomic mass is 10.1. The van der Waals surface area contributed by atoms with Crippen molar-refractivity contribution in [1.29, 1.82) is 0 Å². The van der Waals surface area contributed by atoms with Gasteiger partial charge in [0.05, 0.1) is 5.75 Å². The van der Waals surface area contributed by atoms with Crippen molar-refractivity contribution in [1.82, 2.24) is 9.55 Å². The molecule has 0 saturated carbocycles. The molecule has 1 aromatic rings. The number of aromatic nitrogens is 2. The van der Waals surface area contributed by atoms with Gasteiger partial charge in [0.25, 0.3) is 5.56 Å². The molecule has 0 saturated heterocycles. The quantitative estimate of drug-likeness (QED) is 0.560. The van der Waals surface area contributed by atoms with Crippen LogP contribution in [0.25, 0.3) is 0 Å². The zero-order valence-corrected chi connectivity index (χ0v) is 12.9. The van der Waals surface area contributed by atoms with Crippen LogP contribution in [0.3, 0.4) is 0 Å². The second-order valence-electron chi connectivity index (χ2n) is 4.72. The normalized spacial score (nSPS) is 12.3. The highest BCUT2D eigenvalue weighted by molar-refractivity contribution is 7.99. The average molecular weight is 298 g/mol. The van der Waals surface area contributed by atoms with E-state index in [9.17, 15) is 9.59 Å². The highest BCUT2D eigenvalue weighted by atomic mass is 32.2. The molecule has 0 aliphatic rings. The van der Waals surface area contributed by atoms with Gasteiger partial charge in [0.15, 0.2) is 5.16 Å². The maximum Gasteiger partial charge on any atom is 0.313 e. The monoisotopic (exact) mass is 298 g/mol. The van der Waals surface area contributed by atoms with E-state index in [4.69, 9.17) is 5.11 Å². The Morgan fingerprint density at radius 2 is 2.15 bits per heavy atom. The third-order valence-electron chi connectivity index (χ3n) is 3.04. The van der Waals surface area contributed by atoms with E-state index in [0.29, 0.717) is 5.16 Å². The summed E-state index contributed by atoms with van der Waals surface area (Å²) in [7, 11) is 0. The van der Waals surface area contributed by atoms with E-state index in [0.717, 1.165) is 43.9 Å². The molecule has 0 aliphatic heterocycles. The summed E-state index contributed by atoms with van der Waals surface area (Å²) in [6, 6.07) is 1.73. The maximum absolute atomic E-state index is 11.4. The van der Waals surface area contributed by atoms with E-state index in [1.165, 1.54) is 6.07 Å².